The Kier molecular flexibility index (Phi) is 4.35. The molecule has 1 nitrogen and oxygen atoms in total. The highest BCUT2D eigenvalue weighted by Gasteiger charge is 2.19. The van der Waals surface area contributed by atoms with Gasteiger partial charge in [0.15, 0.2) is 0 Å². The first-order chi connectivity index (χ1) is 6.92. The Morgan fingerprint density at radius 2 is 2.00 bits per heavy atom. The first kappa shape index (κ1) is 12.7. The number of halogens is 1. The summed E-state index contributed by atoms with van der Waals surface area (Å²) < 4.78 is 5.98. The number of rotatable bonds is 3. The maximum Gasteiger partial charge on any atom is 0.0928 e. The fourth-order valence-corrected chi connectivity index (χ4v) is 1.99. The van der Waals surface area contributed by atoms with Crippen LogP contribution >= 0.6 is 15.9 Å². The molecule has 0 N–H and O–H groups in total. The Morgan fingerprint density at radius 3 is 2.47 bits per heavy atom. The minimum Gasteiger partial charge on any atom is -0.367 e. The summed E-state index contributed by atoms with van der Waals surface area (Å²) in [7, 11) is 0. The SMILES string of the molecule is Cc1cccc(C(CBr)OC(C)(C)C)c1. The Labute approximate surface area is 101 Å². The molecule has 0 aliphatic heterocycles. The second-order valence-electron chi connectivity index (χ2n) is 4.79. The zero-order chi connectivity index (χ0) is 11.5. The summed E-state index contributed by atoms with van der Waals surface area (Å²) in [5.41, 5.74) is 2.40. The van der Waals surface area contributed by atoms with Crippen molar-refractivity contribution in [2.45, 2.75) is 39.4 Å². The van der Waals surface area contributed by atoms with Crippen molar-refractivity contribution in [2.24, 2.45) is 0 Å². The molecule has 0 aliphatic rings. The summed E-state index contributed by atoms with van der Waals surface area (Å²) >= 11 is 3.50. The van der Waals surface area contributed by atoms with E-state index >= 15 is 0 Å². The van der Waals surface area contributed by atoms with Gasteiger partial charge in [-0.25, -0.2) is 0 Å². The third-order valence-electron chi connectivity index (χ3n) is 2.05. The van der Waals surface area contributed by atoms with Gasteiger partial charge in [0.05, 0.1) is 11.7 Å². The smallest absolute Gasteiger partial charge is 0.0928 e. The van der Waals surface area contributed by atoms with Crippen LogP contribution in [0.15, 0.2) is 24.3 Å². The molecule has 0 saturated carbocycles. The van der Waals surface area contributed by atoms with Crippen LogP contribution in [-0.4, -0.2) is 10.9 Å². The number of ether oxygens (including phenoxy) is 1. The van der Waals surface area contributed by atoms with Crippen LogP contribution in [0, 0.1) is 6.92 Å². The lowest BCUT2D eigenvalue weighted by molar-refractivity contribution is -0.0501. The number of benzene rings is 1. The average molecular weight is 271 g/mol. The summed E-state index contributed by atoms with van der Waals surface area (Å²) in [5, 5.41) is 0.827. The fraction of sp³-hybridized carbons (Fsp3) is 0.538. The van der Waals surface area contributed by atoms with E-state index in [1.54, 1.807) is 0 Å². The standard InChI is InChI=1S/C13H19BrO/c1-10-6-5-7-11(8-10)12(9-14)15-13(2,3)4/h5-8,12H,9H2,1-4H3. The van der Waals surface area contributed by atoms with Crippen molar-refractivity contribution < 1.29 is 4.74 Å². The highest BCUT2D eigenvalue weighted by Crippen LogP contribution is 2.26. The lowest BCUT2D eigenvalue weighted by Gasteiger charge is -2.26. The molecule has 0 amide bonds. The van der Waals surface area contributed by atoms with Gasteiger partial charge < -0.3 is 4.74 Å². The topological polar surface area (TPSA) is 9.23 Å². The zero-order valence-corrected chi connectivity index (χ0v) is 11.5. The first-order valence-corrected chi connectivity index (χ1v) is 6.35. The molecule has 1 rings (SSSR count). The minimum atomic E-state index is -0.109. The van der Waals surface area contributed by atoms with Gasteiger partial charge >= 0.3 is 0 Å². The summed E-state index contributed by atoms with van der Waals surface area (Å²) in [6.07, 6.45) is 0.130. The number of hydrogen-bond donors (Lipinski definition) is 0. The highest BCUT2D eigenvalue weighted by molar-refractivity contribution is 9.09. The Bertz CT molecular complexity index is 315. The van der Waals surface area contributed by atoms with Gasteiger partial charge in [-0.05, 0) is 33.3 Å². The Morgan fingerprint density at radius 1 is 1.33 bits per heavy atom. The van der Waals surface area contributed by atoms with Gasteiger partial charge in [-0.2, -0.15) is 0 Å². The summed E-state index contributed by atoms with van der Waals surface area (Å²) in [6, 6.07) is 8.47. The van der Waals surface area contributed by atoms with E-state index in [2.05, 4.69) is 67.9 Å². The molecule has 1 aromatic carbocycles. The van der Waals surface area contributed by atoms with E-state index in [9.17, 15) is 0 Å². The van der Waals surface area contributed by atoms with Gasteiger partial charge in [-0.3, -0.25) is 0 Å². The predicted molar refractivity (Wildman–Crippen MR) is 68.6 cm³/mol. The lowest BCUT2D eigenvalue weighted by Crippen LogP contribution is -2.23. The quantitative estimate of drug-likeness (QED) is 0.747. The van der Waals surface area contributed by atoms with Crippen molar-refractivity contribution in [2.75, 3.05) is 5.33 Å². The monoisotopic (exact) mass is 270 g/mol. The van der Waals surface area contributed by atoms with Crippen molar-refractivity contribution in [3.05, 3.63) is 35.4 Å². The summed E-state index contributed by atoms with van der Waals surface area (Å²) in [6.45, 7) is 8.35. The average Bonchev–Trinajstić information content (AvgIpc) is 2.13. The minimum absolute atomic E-state index is 0.109. The summed E-state index contributed by atoms with van der Waals surface area (Å²) in [4.78, 5) is 0. The van der Waals surface area contributed by atoms with E-state index in [4.69, 9.17) is 4.74 Å². The fourth-order valence-electron chi connectivity index (χ4n) is 1.49. The molecular weight excluding hydrogens is 252 g/mol. The maximum atomic E-state index is 5.98. The van der Waals surface area contributed by atoms with E-state index in [1.807, 2.05) is 0 Å². The molecule has 1 aromatic rings. The molecule has 2 heteroatoms. The van der Waals surface area contributed by atoms with Gasteiger partial charge in [-0.1, -0.05) is 45.8 Å². The highest BCUT2D eigenvalue weighted by atomic mass is 79.9. The maximum absolute atomic E-state index is 5.98. The molecule has 0 fully saturated rings. The van der Waals surface area contributed by atoms with Crippen molar-refractivity contribution >= 4 is 15.9 Å². The van der Waals surface area contributed by atoms with E-state index in [0.29, 0.717) is 0 Å². The normalized spacial score (nSPS) is 13.9. The predicted octanol–water partition coefficient (Wildman–Crippen LogP) is 4.25. The molecule has 0 heterocycles. The molecule has 0 saturated heterocycles. The van der Waals surface area contributed by atoms with Crippen molar-refractivity contribution in [1.29, 1.82) is 0 Å². The molecule has 0 radical (unpaired) electrons. The molecule has 0 spiro atoms. The zero-order valence-electron chi connectivity index (χ0n) is 9.88. The van der Waals surface area contributed by atoms with Crippen LogP contribution in [0.1, 0.15) is 38.0 Å². The van der Waals surface area contributed by atoms with Crippen molar-refractivity contribution in [1.82, 2.24) is 0 Å². The van der Waals surface area contributed by atoms with Crippen molar-refractivity contribution in [3.8, 4) is 0 Å². The number of hydrogen-bond acceptors (Lipinski definition) is 1. The van der Waals surface area contributed by atoms with E-state index in [-0.39, 0.29) is 11.7 Å². The van der Waals surface area contributed by atoms with Crippen LogP contribution in [0.5, 0.6) is 0 Å². The van der Waals surface area contributed by atoms with E-state index in [1.165, 1.54) is 11.1 Å². The Balaban J connectivity index is 2.83. The van der Waals surface area contributed by atoms with Crippen molar-refractivity contribution in [3.63, 3.8) is 0 Å². The molecule has 1 unspecified atom stereocenters. The molecule has 1 atom stereocenters. The summed E-state index contributed by atoms with van der Waals surface area (Å²) in [5.74, 6) is 0. The molecular formula is C13H19BrO. The van der Waals surface area contributed by atoms with Crippen LogP contribution in [0.25, 0.3) is 0 Å². The largest absolute Gasteiger partial charge is 0.367 e. The van der Waals surface area contributed by atoms with Crippen LogP contribution in [0.2, 0.25) is 0 Å². The Hall–Kier alpha value is -0.340. The van der Waals surface area contributed by atoms with Crippen LogP contribution in [0.4, 0.5) is 0 Å². The van der Waals surface area contributed by atoms with Gasteiger partial charge in [0.2, 0.25) is 0 Å². The molecule has 0 bridgehead atoms. The second kappa shape index (κ2) is 5.13. The first-order valence-electron chi connectivity index (χ1n) is 5.23. The third-order valence-corrected chi connectivity index (χ3v) is 2.64. The third kappa shape index (κ3) is 4.35. The van der Waals surface area contributed by atoms with E-state index < -0.39 is 0 Å². The second-order valence-corrected chi connectivity index (χ2v) is 5.43. The number of alkyl halides is 1. The van der Waals surface area contributed by atoms with Crippen LogP contribution in [-0.2, 0) is 4.74 Å². The van der Waals surface area contributed by atoms with E-state index in [0.717, 1.165) is 5.33 Å². The van der Waals surface area contributed by atoms with Gasteiger partial charge in [-0.15, -0.1) is 0 Å². The lowest BCUT2D eigenvalue weighted by atomic mass is 10.1. The molecule has 0 aromatic heterocycles. The van der Waals surface area contributed by atoms with Gasteiger partial charge in [0.1, 0.15) is 0 Å². The molecule has 84 valence electrons. The van der Waals surface area contributed by atoms with Gasteiger partial charge in [0, 0.05) is 5.33 Å². The van der Waals surface area contributed by atoms with Crippen LogP contribution in [0.3, 0.4) is 0 Å². The molecule has 0 aliphatic carbocycles. The van der Waals surface area contributed by atoms with Gasteiger partial charge in [0.25, 0.3) is 0 Å². The molecule has 15 heavy (non-hydrogen) atoms. The number of aryl methyl sites for hydroxylation is 1. The van der Waals surface area contributed by atoms with Crippen LogP contribution < -0.4 is 0 Å².